The van der Waals surface area contributed by atoms with Crippen LogP contribution in [0.3, 0.4) is 0 Å². The van der Waals surface area contributed by atoms with E-state index in [0.29, 0.717) is 17.2 Å². The Kier molecular flexibility index (Phi) is 3.68. The number of halogens is 2. The molecule has 0 saturated carbocycles. The third kappa shape index (κ3) is 2.41. The SMILES string of the molecule is NCc1nnc(-c2cccc(F)c2Cl)n1-c1ccccc1. The number of benzene rings is 2. The highest BCUT2D eigenvalue weighted by molar-refractivity contribution is 6.33. The third-order valence-electron chi connectivity index (χ3n) is 3.12. The summed E-state index contributed by atoms with van der Waals surface area (Å²) in [6, 6.07) is 14.1. The van der Waals surface area contributed by atoms with Gasteiger partial charge < -0.3 is 5.73 Å². The summed E-state index contributed by atoms with van der Waals surface area (Å²) in [6.07, 6.45) is 0. The minimum Gasteiger partial charge on any atom is -0.324 e. The maximum Gasteiger partial charge on any atom is 0.170 e. The van der Waals surface area contributed by atoms with Crippen molar-refractivity contribution in [1.82, 2.24) is 14.8 Å². The second-order valence-electron chi connectivity index (χ2n) is 4.42. The van der Waals surface area contributed by atoms with Crippen LogP contribution in [-0.4, -0.2) is 14.8 Å². The molecule has 0 saturated heterocycles. The van der Waals surface area contributed by atoms with Crippen LogP contribution < -0.4 is 5.73 Å². The molecule has 0 aliphatic heterocycles. The van der Waals surface area contributed by atoms with E-state index in [1.165, 1.54) is 6.07 Å². The lowest BCUT2D eigenvalue weighted by molar-refractivity contribution is 0.628. The lowest BCUT2D eigenvalue weighted by atomic mass is 10.2. The van der Waals surface area contributed by atoms with Crippen LogP contribution in [0.25, 0.3) is 17.1 Å². The van der Waals surface area contributed by atoms with E-state index in [0.717, 1.165) is 5.69 Å². The zero-order valence-corrected chi connectivity index (χ0v) is 11.8. The summed E-state index contributed by atoms with van der Waals surface area (Å²) in [4.78, 5) is 0. The molecule has 0 unspecified atom stereocenters. The first-order chi connectivity index (χ1) is 10.2. The summed E-state index contributed by atoms with van der Waals surface area (Å²) in [5.41, 5.74) is 7.04. The van der Waals surface area contributed by atoms with Gasteiger partial charge in [0.25, 0.3) is 0 Å². The normalized spacial score (nSPS) is 10.8. The van der Waals surface area contributed by atoms with Crippen LogP contribution in [0.15, 0.2) is 48.5 Å². The minimum atomic E-state index is -0.494. The number of para-hydroxylation sites is 1. The number of aromatic nitrogens is 3. The van der Waals surface area contributed by atoms with E-state index in [2.05, 4.69) is 10.2 Å². The van der Waals surface area contributed by atoms with E-state index >= 15 is 0 Å². The van der Waals surface area contributed by atoms with Gasteiger partial charge in [0, 0.05) is 11.3 Å². The number of rotatable bonds is 3. The third-order valence-corrected chi connectivity index (χ3v) is 3.50. The van der Waals surface area contributed by atoms with Crippen LogP contribution in [-0.2, 0) is 6.54 Å². The van der Waals surface area contributed by atoms with Crippen LogP contribution in [0.4, 0.5) is 4.39 Å². The molecule has 4 nitrogen and oxygen atoms in total. The predicted molar refractivity (Wildman–Crippen MR) is 79.7 cm³/mol. The smallest absolute Gasteiger partial charge is 0.170 e. The minimum absolute atomic E-state index is 0.0191. The van der Waals surface area contributed by atoms with Gasteiger partial charge in [-0.25, -0.2) is 4.39 Å². The fourth-order valence-electron chi connectivity index (χ4n) is 2.15. The van der Waals surface area contributed by atoms with Gasteiger partial charge in [-0.1, -0.05) is 35.9 Å². The molecule has 0 radical (unpaired) electrons. The highest BCUT2D eigenvalue weighted by atomic mass is 35.5. The molecule has 21 heavy (non-hydrogen) atoms. The number of hydrogen-bond donors (Lipinski definition) is 1. The molecule has 1 aromatic heterocycles. The molecule has 0 atom stereocenters. The van der Waals surface area contributed by atoms with Crippen LogP contribution in [0.1, 0.15) is 5.82 Å². The molecule has 2 aromatic carbocycles. The second kappa shape index (κ2) is 5.63. The van der Waals surface area contributed by atoms with Gasteiger partial charge in [-0.3, -0.25) is 4.57 Å². The van der Waals surface area contributed by atoms with Crippen LogP contribution in [0, 0.1) is 5.82 Å². The summed E-state index contributed by atoms with van der Waals surface area (Å²) in [5.74, 6) is 0.550. The van der Waals surface area contributed by atoms with E-state index < -0.39 is 5.82 Å². The van der Waals surface area contributed by atoms with Gasteiger partial charge in [0.05, 0.1) is 11.6 Å². The molecular weight excluding hydrogens is 291 g/mol. The van der Waals surface area contributed by atoms with Crippen molar-refractivity contribution in [1.29, 1.82) is 0 Å². The quantitative estimate of drug-likeness (QED) is 0.808. The first-order valence-electron chi connectivity index (χ1n) is 6.36. The van der Waals surface area contributed by atoms with Crippen LogP contribution in [0.2, 0.25) is 5.02 Å². The lowest BCUT2D eigenvalue weighted by Crippen LogP contribution is -2.08. The molecular formula is C15H12ClFN4. The van der Waals surface area contributed by atoms with Crippen molar-refractivity contribution in [2.24, 2.45) is 5.73 Å². The van der Waals surface area contributed by atoms with Gasteiger partial charge in [0.2, 0.25) is 0 Å². The summed E-state index contributed by atoms with van der Waals surface area (Å²) in [7, 11) is 0. The molecule has 6 heteroatoms. The highest BCUT2D eigenvalue weighted by Gasteiger charge is 2.18. The first kappa shape index (κ1) is 13.7. The fraction of sp³-hybridized carbons (Fsp3) is 0.0667. The Morgan fingerprint density at radius 3 is 2.52 bits per heavy atom. The Hall–Kier alpha value is -2.24. The zero-order chi connectivity index (χ0) is 14.8. The maximum absolute atomic E-state index is 13.7. The Balaban J connectivity index is 2.25. The molecule has 2 N–H and O–H groups in total. The molecule has 0 aliphatic carbocycles. The molecule has 3 aromatic rings. The van der Waals surface area contributed by atoms with Crippen molar-refractivity contribution in [3.05, 3.63) is 65.2 Å². The molecule has 0 fully saturated rings. The number of nitrogens with zero attached hydrogens (tertiary/aromatic N) is 3. The molecule has 106 valence electrons. The van der Waals surface area contributed by atoms with Crippen molar-refractivity contribution < 1.29 is 4.39 Å². The summed E-state index contributed by atoms with van der Waals surface area (Å²) < 4.78 is 15.5. The average molecular weight is 303 g/mol. The van der Waals surface area contributed by atoms with Crippen LogP contribution in [0.5, 0.6) is 0 Å². The number of nitrogens with two attached hydrogens (primary N) is 1. The lowest BCUT2D eigenvalue weighted by Gasteiger charge is -2.10. The van der Waals surface area contributed by atoms with Gasteiger partial charge in [0.1, 0.15) is 5.82 Å². The molecule has 3 rings (SSSR count). The number of hydrogen-bond acceptors (Lipinski definition) is 3. The second-order valence-corrected chi connectivity index (χ2v) is 4.79. The van der Waals surface area contributed by atoms with Gasteiger partial charge in [-0.2, -0.15) is 0 Å². The van der Waals surface area contributed by atoms with Gasteiger partial charge in [-0.05, 0) is 24.3 Å². The summed E-state index contributed by atoms with van der Waals surface area (Å²) in [6.45, 7) is 0.217. The first-order valence-corrected chi connectivity index (χ1v) is 6.74. The molecule has 0 aliphatic rings. The summed E-state index contributed by atoms with van der Waals surface area (Å²) in [5, 5.41) is 8.20. The van der Waals surface area contributed by atoms with Gasteiger partial charge >= 0.3 is 0 Å². The predicted octanol–water partition coefficient (Wildman–Crippen LogP) is 3.19. The topological polar surface area (TPSA) is 56.7 Å². The van der Waals surface area contributed by atoms with Crippen molar-refractivity contribution in [2.75, 3.05) is 0 Å². The van der Waals surface area contributed by atoms with Crippen LogP contribution >= 0.6 is 11.6 Å². The van der Waals surface area contributed by atoms with Gasteiger partial charge in [-0.15, -0.1) is 10.2 Å². The zero-order valence-electron chi connectivity index (χ0n) is 11.0. The average Bonchev–Trinajstić information content (AvgIpc) is 2.94. The largest absolute Gasteiger partial charge is 0.324 e. The van der Waals surface area contributed by atoms with E-state index in [-0.39, 0.29) is 11.6 Å². The highest BCUT2D eigenvalue weighted by Crippen LogP contribution is 2.30. The Labute approximate surface area is 126 Å². The Bertz CT molecular complexity index is 771. The molecule has 0 spiro atoms. The van der Waals surface area contributed by atoms with Gasteiger partial charge in [0.15, 0.2) is 11.6 Å². The Morgan fingerprint density at radius 2 is 1.81 bits per heavy atom. The Morgan fingerprint density at radius 1 is 1.05 bits per heavy atom. The van der Waals surface area contributed by atoms with Crippen molar-refractivity contribution >= 4 is 11.6 Å². The monoisotopic (exact) mass is 302 g/mol. The van der Waals surface area contributed by atoms with Crippen molar-refractivity contribution in [3.63, 3.8) is 0 Å². The molecule has 0 amide bonds. The van der Waals surface area contributed by atoms with E-state index in [1.54, 1.807) is 16.7 Å². The van der Waals surface area contributed by atoms with E-state index in [1.807, 2.05) is 30.3 Å². The van der Waals surface area contributed by atoms with Crippen molar-refractivity contribution in [3.8, 4) is 17.1 Å². The fourth-order valence-corrected chi connectivity index (χ4v) is 2.36. The van der Waals surface area contributed by atoms with E-state index in [9.17, 15) is 4.39 Å². The molecule has 1 heterocycles. The maximum atomic E-state index is 13.7. The molecule has 0 bridgehead atoms. The van der Waals surface area contributed by atoms with E-state index in [4.69, 9.17) is 17.3 Å². The summed E-state index contributed by atoms with van der Waals surface area (Å²) >= 11 is 6.05. The standard InChI is InChI=1S/C15H12ClFN4/c16-14-11(7-4-8-12(14)17)15-20-19-13(9-18)21(15)10-5-2-1-3-6-10/h1-8H,9,18H2. The van der Waals surface area contributed by atoms with Crippen molar-refractivity contribution in [2.45, 2.75) is 6.54 Å².